The summed E-state index contributed by atoms with van der Waals surface area (Å²) in [5.74, 6) is 0.614. The molecule has 0 aliphatic rings. The summed E-state index contributed by atoms with van der Waals surface area (Å²) >= 11 is 2.30. The molecule has 2 nitrogen and oxygen atoms in total. The zero-order valence-electron chi connectivity index (χ0n) is 9.29. The molecule has 0 aliphatic carbocycles. The Labute approximate surface area is 106 Å². The lowest BCUT2D eigenvalue weighted by atomic mass is 10.2. The predicted octanol–water partition coefficient (Wildman–Crippen LogP) is 3.38. The maximum Gasteiger partial charge on any atom is 0.0639 e. The first kappa shape index (κ1) is 12.8. The zero-order chi connectivity index (χ0) is 11.1. The third-order valence-corrected chi connectivity index (χ3v) is 2.59. The summed E-state index contributed by atoms with van der Waals surface area (Å²) in [5.41, 5.74) is 1.16. The molecule has 0 atom stereocenters. The van der Waals surface area contributed by atoms with Gasteiger partial charge in [0.2, 0.25) is 0 Å². The Kier molecular flexibility index (Phi) is 6.02. The number of rotatable bonds is 6. The summed E-state index contributed by atoms with van der Waals surface area (Å²) in [6.45, 7) is 6.80. The van der Waals surface area contributed by atoms with Crippen LogP contribution in [0.4, 0.5) is 5.69 Å². The largest absolute Gasteiger partial charge is 0.383 e. The van der Waals surface area contributed by atoms with Crippen LogP contribution in [0.5, 0.6) is 0 Å². The van der Waals surface area contributed by atoms with Crippen LogP contribution >= 0.6 is 22.6 Å². The topological polar surface area (TPSA) is 21.3 Å². The summed E-state index contributed by atoms with van der Waals surface area (Å²) in [5, 5.41) is 3.32. The average molecular weight is 319 g/mol. The number of hydrogen-bond donors (Lipinski definition) is 1. The lowest BCUT2D eigenvalue weighted by molar-refractivity contribution is 0.118. The van der Waals surface area contributed by atoms with Crippen molar-refractivity contribution in [3.63, 3.8) is 0 Å². The molecule has 1 aromatic rings. The number of ether oxygens (including phenoxy) is 1. The van der Waals surface area contributed by atoms with Gasteiger partial charge >= 0.3 is 0 Å². The van der Waals surface area contributed by atoms with Crippen molar-refractivity contribution in [2.45, 2.75) is 13.8 Å². The van der Waals surface area contributed by atoms with E-state index in [1.54, 1.807) is 0 Å². The number of nitrogens with one attached hydrogen (secondary N) is 1. The molecule has 15 heavy (non-hydrogen) atoms. The van der Waals surface area contributed by atoms with Gasteiger partial charge in [0.25, 0.3) is 0 Å². The first-order chi connectivity index (χ1) is 7.18. The Morgan fingerprint density at radius 2 is 1.93 bits per heavy atom. The summed E-state index contributed by atoms with van der Waals surface area (Å²) in [4.78, 5) is 0. The molecule has 3 heteroatoms. The van der Waals surface area contributed by atoms with Crippen LogP contribution in [0.3, 0.4) is 0 Å². The summed E-state index contributed by atoms with van der Waals surface area (Å²) in [6.07, 6.45) is 0. The van der Waals surface area contributed by atoms with Crippen LogP contribution in [0.1, 0.15) is 13.8 Å². The highest BCUT2D eigenvalue weighted by Gasteiger charge is 1.94. The molecule has 0 spiro atoms. The van der Waals surface area contributed by atoms with E-state index in [4.69, 9.17) is 4.74 Å². The van der Waals surface area contributed by atoms with Crippen molar-refractivity contribution in [1.29, 1.82) is 0 Å². The molecule has 0 radical (unpaired) electrons. The molecular weight excluding hydrogens is 301 g/mol. The summed E-state index contributed by atoms with van der Waals surface area (Å²) < 4.78 is 6.74. The van der Waals surface area contributed by atoms with E-state index in [-0.39, 0.29) is 0 Å². The van der Waals surface area contributed by atoms with Gasteiger partial charge in [-0.25, -0.2) is 0 Å². The van der Waals surface area contributed by atoms with Crippen LogP contribution in [-0.4, -0.2) is 19.8 Å². The molecule has 1 N–H and O–H groups in total. The van der Waals surface area contributed by atoms with E-state index >= 15 is 0 Å². The van der Waals surface area contributed by atoms with E-state index in [1.807, 2.05) is 0 Å². The van der Waals surface area contributed by atoms with Gasteiger partial charge in [0, 0.05) is 22.4 Å². The number of halogens is 1. The Morgan fingerprint density at radius 1 is 1.27 bits per heavy atom. The molecule has 0 saturated carbocycles. The zero-order valence-corrected chi connectivity index (χ0v) is 11.5. The van der Waals surface area contributed by atoms with Gasteiger partial charge in [-0.2, -0.15) is 0 Å². The van der Waals surface area contributed by atoms with E-state index in [9.17, 15) is 0 Å². The molecule has 1 rings (SSSR count). The lowest BCUT2D eigenvalue weighted by Gasteiger charge is -2.08. The van der Waals surface area contributed by atoms with Crippen LogP contribution in [0.2, 0.25) is 0 Å². The highest BCUT2D eigenvalue weighted by atomic mass is 127. The minimum atomic E-state index is 0.614. The summed E-state index contributed by atoms with van der Waals surface area (Å²) in [6, 6.07) is 8.37. The van der Waals surface area contributed by atoms with Crippen molar-refractivity contribution < 1.29 is 4.74 Å². The maximum absolute atomic E-state index is 5.48. The minimum absolute atomic E-state index is 0.614. The molecule has 1 aromatic carbocycles. The monoisotopic (exact) mass is 319 g/mol. The first-order valence-corrected chi connectivity index (χ1v) is 6.33. The smallest absolute Gasteiger partial charge is 0.0639 e. The SMILES string of the molecule is CC(C)COCCNc1ccc(I)cc1. The molecule has 0 amide bonds. The Balaban J connectivity index is 2.12. The molecule has 84 valence electrons. The Bertz CT molecular complexity index is 271. The molecule has 0 aliphatic heterocycles. The standard InChI is InChI=1S/C12H18INO/c1-10(2)9-15-8-7-14-12-5-3-11(13)4-6-12/h3-6,10,14H,7-9H2,1-2H3. The molecule has 0 bridgehead atoms. The second-order valence-corrected chi connectivity index (χ2v) is 5.15. The fourth-order valence-corrected chi connectivity index (χ4v) is 1.51. The van der Waals surface area contributed by atoms with Crippen molar-refractivity contribution in [2.75, 3.05) is 25.1 Å². The van der Waals surface area contributed by atoms with Gasteiger partial charge in [-0.15, -0.1) is 0 Å². The van der Waals surface area contributed by atoms with Gasteiger partial charge in [-0.05, 0) is 52.8 Å². The van der Waals surface area contributed by atoms with E-state index < -0.39 is 0 Å². The van der Waals surface area contributed by atoms with Crippen LogP contribution in [0, 0.1) is 9.49 Å². The second-order valence-electron chi connectivity index (χ2n) is 3.90. The van der Waals surface area contributed by atoms with E-state index in [0.717, 1.165) is 25.4 Å². The molecular formula is C12H18INO. The van der Waals surface area contributed by atoms with E-state index in [1.165, 1.54) is 3.57 Å². The number of anilines is 1. The van der Waals surface area contributed by atoms with Crippen molar-refractivity contribution in [2.24, 2.45) is 5.92 Å². The Morgan fingerprint density at radius 3 is 2.53 bits per heavy atom. The third-order valence-electron chi connectivity index (χ3n) is 1.87. The molecule has 0 saturated heterocycles. The quantitative estimate of drug-likeness (QED) is 0.641. The third kappa shape index (κ3) is 5.99. The molecule has 0 fully saturated rings. The highest BCUT2D eigenvalue weighted by Crippen LogP contribution is 2.10. The van der Waals surface area contributed by atoms with Crippen LogP contribution < -0.4 is 5.32 Å². The summed E-state index contributed by atoms with van der Waals surface area (Å²) in [7, 11) is 0. The maximum atomic E-state index is 5.48. The van der Waals surface area contributed by atoms with Gasteiger partial charge < -0.3 is 10.1 Å². The highest BCUT2D eigenvalue weighted by molar-refractivity contribution is 14.1. The van der Waals surface area contributed by atoms with Crippen molar-refractivity contribution in [3.8, 4) is 0 Å². The Hall–Kier alpha value is -0.290. The van der Waals surface area contributed by atoms with Gasteiger partial charge in [0.05, 0.1) is 6.61 Å². The number of hydrogen-bond acceptors (Lipinski definition) is 2. The van der Waals surface area contributed by atoms with Crippen LogP contribution in [-0.2, 0) is 4.74 Å². The van der Waals surface area contributed by atoms with Crippen molar-refractivity contribution in [1.82, 2.24) is 0 Å². The van der Waals surface area contributed by atoms with Gasteiger partial charge in [-0.3, -0.25) is 0 Å². The number of benzene rings is 1. The van der Waals surface area contributed by atoms with Crippen molar-refractivity contribution in [3.05, 3.63) is 27.8 Å². The average Bonchev–Trinajstić information content (AvgIpc) is 2.20. The van der Waals surface area contributed by atoms with E-state index in [0.29, 0.717) is 5.92 Å². The fraction of sp³-hybridized carbons (Fsp3) is 0.500. The van der Waals surface area contributed by atoms with Gasteiger partial charge in [-0.1, -0.05) is 13.8 Å². The fourth-order valence-electron chi connectivity index (χ4n) is 1.15. The molecule has 0 unspecified atom stereocenters. The normalized spacial score (nSPS) is 10.7. The second kappa shape index (κ2) is 7.06. The van der Waals surface area contributed by atoms with E-state index in [2.05, 4.69) is 66.0 Å². The molecule has 0 aromatic heterocycles. The first-order valence-electron chi connectivity index (χ1n) is 5.25. The predicted molar refractivity (Wildman–Crippen MR) is 73.3 cm³/mol. The lowest BCUT2D eigenvalue weighted by Crippen LogP contribution is -2.12. The van der Waals surface area contributed by atoms with Crippen LogP contribution in [0.15, 0.2) is 24.3 Å². The molecule has 0 heterocycles. The van der Waals surface area contributed by atoms with Crippen LogP contribution in [0.25, 0.3) is 0 Å². The van der Waals surface area contributed by atoms with Gasteiger partial charge in [0.15, 0.2) is 0 Å². The minimum Gasteiger partial charge on any atom is -0.383 e. The van der Waals surface area contributed by atoms with Gasteiger partial charge in [0.1, 0.15) is 0 Å². The van der Waals surface area contributed by atoms with Crippen molar-refractivity contribution >= 4 is 28.3 Å².